The number of hydrogen-bond donors (Lipinski definition) is 2. The number of anilines is 1. The van der Waals surface area contributed by atoms with Crippen LogP contribution in [0.15, 0.2) is 30.3 Å². The summed E-state index contributed by atoms with van der Waals surface area (Å²) in [7, 11) is 0. The fourth-order valence-corrected chi connectivity index (χ4v) is 4.21. The lowest BCUT2D eigenvalue weighted by atomic mass is 10.0. The molecule has 1 atom stereocenters. The first kappa shape index (κ1) is 22.0. The predicted molar refractivity (Wildman–Crippen MR) is 117 cm³/mol. The molecule has 2 aromatic rings. The summed E-state index contributed by atoms with van der Waals surface area (Å²) >= 11 is 0. The Morgan fingerprint density at radius 2 is 1.94 bits per heavy atom. The predicted octanol–water partition coefficient (Wildman–Crippen LogP) is 2.68. The van der Waals surface area contributed by atoms with Crippen molar-refractivity contribution in [3.05, 3.63) is 63.7 Å². The maximum absolute atomic E-state index is 12.9. The number of piperidine rings is 1. The van der Waals surface area contributed by atoms with Crippen molar-refractivity contribution in [3.8, 4) is 6.07 Å². The van der Waals surface area contributed by atoms with E-state index in [9.17, 15) is 19.2 Å². The number of nitrogens with one attached hydrogen (secondary N) is 2. The molecule has 33 heavy (non-hydrogen) atoms. The highest BCUT2D eigenvalue weighted by Gasteiger charge is 2.39. The summed E-state index contributed by atoms with van der Waals surface area (Å²) in [5.74, 6) is -1.07. The average molecular weight is 446 g/mol. The topological polar surface area (TPSA) is 129 Å². The summed E-state index contributed by atoms with van der Waals surface area (Å²) in [6, 6.07) is 10.1. The first-order valence-corrected chi connectivity index (χ1v) is 10.5. The van der Waals surface area contributed by atoms with Crippen LogP contribution in [0.1, 0.15) is 51.0 Å². The molecule has 9 heteroatoms. The molecule has 0 aromatic heterocycles. The molecular weight excluding hydrogens is 424 g/mol. The van der Waals surface area contributed by atoms with Crippen LogP contribution in [0.25, 0.3) is 0 Å². The second-order valence-electron chi connectivity index (χ2n) is 8.19. The number of imide groups is 1. The van der Waals surface area contributed by atoms with E-state index in [1.54, 1.807) is 44.2 Å². The Morgan fingerprint density at radius 1 is 1.21 bits per heavy atom. The van der Waals surface area contributed by atoms with Crippen LogP contribution in [0.5, 0.6) is 0 Å². The third-order valence-electron chi connectivity index (χ3n) is 5.85. The standard InChI is InChI=1S/C24H22N4O5/c1-13-7-17(8-14(2)19(13)10-25)26-24(32)33-12-15-3-4-16-11-28(23(31)18(16)9-15)20-5-6-21(29)27-22(20)30/h3-4,7-9,20H,5-6,11-12H2,1-2H3,(H,26,32)(H,27,29,30). The highest BCUT2D eigenvalue weighted by molar-refractivity contribution is 6.05. The van der Waals surface area contributed by atoms with Crippen molar-refractivity contribution in [1.29, 1.82) is 5.26 Å². The van der Waals surface area contributed by atoms with E-state index in [1.807, 2.05) is 0 Å². The first-order valence-electron chi connectivity index (χ1n) is 10.5. The lowest BCUT2D eigenvalue weighted by molar-refractivity contribution is -0.136. The van der Waals surface area contributed by atoms with Gasteiger partial charge in [0.15, 0.2) is 0 Å². The normalized spacial score (nSPS) is 17.3. The molecule has 4 rings (SSSR count). The molecule has 1 unspecified atom stereocenters. The van der Waals surface area contributed by atoms with E-state index in [0.717, 1.165) is 16.7 Å². The van der Waals surface area contributed by atoms with Gasteiger partial charge >= 0.3 is 6.09 Å². The molecule has 0 saturated carbocycles. The summed E-state index contributed by atoms with van der Waals surface area (Å²) in [5, 5.41) is 14.1. The van der Waals surface area contributed by atoms with Gasteiger partial charge in [-0.1, -0.05) is 12.1 Å². The zero-order valence-electron chi connectivity index (χ0n) is 18.2. The molecule has 0 spiro atoms. The largest absolute Gasteiger partial charge is 0.444 e. The number of nitrogens with zero attached hydrogens (tertiary/aromatic N) is 2. The smallest absolute Gasteiger partial charge is 0.411 e. The number of fused-ring (bicyclic) bond motifs is 1. The molecule has 1 saturated heterocycles. The summed E-state index contributed by atoms with van der Waals surface area (Å²) in [4.78, 5) is 50.1. The van der Waals surface area contributed by atoms with Crippen molar-refractivity contribution in [1.82, 2.24) is 10.2 Å². The lowest BCUT2D eigenvalue weighted by Gasteiger charge is -2.29. The van der Waals surface area contributed by atoms with E-state index in [4.69, 9.17) is 10.00 Å². The van der Waals surface area contributed by atoms with E-state index in [1.165, 1.54) is 4.90 Å². The van der Waals surface area contributed by atoms with Gasteiger partial charge in [-0.2, -0.15) is 5.26 Å². The van der Waals surface area contributed by atoms with Crippen LogP contribution in [0.3, 0.4) is 0 Å². The maximum Gasteiger partial charge on any atom is 0.411 e. The van der Waals surface area contributed by atoms with Crippen LogP contribution in [-0.2, 0) is 27.5 Å². The van der Waals surface area contributed by atoms with Crippen molar-refractivity contribution in [3.63, 3.8) is 0 Å². The Kier molecular flexibility index (Phi) is 5.84. The van der Waals surface area contributed by atoms with Crippen molar-refractivity contribution in [2.45, 2.75) is 45.9 Å². The molecule has 0 radical (unpaired) electrons. The van der Waals surface area contributed by atoms with Crippen LogP contribution < -0.4 is 10.6 Å². The number of benzene rings is 2. The molecule has 2 aliphatic rings. The zero-order valence-corrected chi connectivity index (χ0v) is 18.2. The second-order valence-corrected chi connectivity index (χ2v) is 8.19. The molecule has 2 aromatic carbocycles. The summed E-state index contributed by atoms with van der Waals surface area (Å²) in [6.45, 7) is 3.84. The van der Waals surface area contributed by atoms with Crippen molar-refractivity contribution >= 4 is 29.5 Å². The third kappa shape index (κ3) is 4.41. The summed E-state index contributed by atoms with van der Waals surface area (Å²) in [5.41, 5.74) is 4.48. The molecule has 0 bridgehead atoms. The monoisotopic (exact) mass is 446 g/mol. The number of nitriles is 1. The van der Waals surface area contributed by atoms with Crippen LogP contribution in [0, 0.1) is 25.2 Å². The van der Waals surface area contributed by atoms with Gasteiger partial charge in [-0.05, 0) is 60.7 Å². The number of amides is 4. The maximum atomic E-state index is 12.9. The third-order valence-corrected chi connectivity index (χ3v) is 5.85. The fraction of sp³-hybridized carbons (Fsp3) is 0.292. The van der Waals surface area contributed by atoms with Crippen LogP contribution in [-0.4, -0.2) is 34.8 Å². The van der Waals surface area contributed by atoms with Gasteiger partial charge in [-0.3, -0.25) is 25.0 Å². The van der Waals surface area contributed by atoms with E-state index >= 15 is 0 Å². The van der Waals surface area contributed by atoms with Crippen molar-refractivity contribution in [2.75, 3.05) is 5.32 Å². The highest BCUT2D eigenvalue weighted by atomic mass is 16.5. The SMILES string of the molecule is Cc1cc(NC(=O)OCc2ccc3c(c2)C(=O)N(C2CCC(=O)NC2=O)C3)cc(C)c1C#N. The number of rotatable bonds is 4. The van der Waals surface area contributed by atoms with Crippen molar-refractivity contribution < 1.29 is 23.9 Å². The van der Waals surface area contributed by atoms with Crippen LogP contribution in [0.2, 0.25) is 0 Å². The van der Waals surface area contributed by atoms with Gasteiger partial charge in [0.25, 0.3) is 5.91 Å². The molecule has 4 amide bonds. The minimum atomic E-state index is -0.674. The van der Waals surface area contributed by atoms with Gasteiger partial charge in [0.05, 0.1) is 11.6 Å². The Morgan fingerprint density at radius 3 is 2.61 bits per heavy atom. The number of carbonyl (C=O) groups excluding carboxylic acids is 4. The zero-order chi connectivity index (χ0) is 23.7. The molecule has 9 nitrogen and oxygen atoms in total. The number of carbonyl (C=O) groups is 4. The molecule has 1 fully saturated rings. The molecule has 2 aliphatic heterocycles. The van der Waals surface area contributed by atoms with E-state index in [-0.39, 0.29) is 24.8 Å². The summed E-state index contributed by atoms with van der Waals surface area (Å²) < 4.78 is 5.29. The Balaban J connectivity index is 1.39. The Hall–Kier alpha value is -4.19. The van der Waals surface area contributed by atoms with Gasteiger partial charge in [0.1, 0.15) is 12.6 Å². The molecule has 2 heterocycles. The first-order chi connectivity index (χ1) is 15.8. The lowest BCUT2D eigenvalue weighted by Crippen LogP contribution is -2.52. The fourth-order valence-electron chi connectivity index (χ4n) is 4.21. The van der Waals surface area contributed by atoms with Gasteiger partial charge in [0, 0.05) is 24.2 Å². The minimum Gasteiger partial charge on any atom is -0.444 e. The molecule has 2 N–H and O–H groups in total. The van der Waals surface area contributed by atoms with Crippen molar-refractivity contribution in [2.24, 2.45) is 0 Å². The van der Waals surface area contributed by atoms with Gasteiger partial charge in [-0.25, -0.2) is 4.79 Å². The van der Waals surface area contributed by atoms with Crippen LogP contribution >= 0.6 is 0 Å². The van der Waals surface area contributed by atoms with E-state index in [0.29, 0.717) is 35.3 Å². The Bertz CT molecular complexity index is 1210. The average Bonchev–Trinajstić information content (AvgIpc) is 3.08. The summed E-state index contributed by atoms with van der Waals surface area (Å²) in [6.07, 6.45) is -0.159. The van der Waals surface area contributed by atoms with Gasteiger partial charge < -0.3 is 9.64 Å². The van der Waals surface area contributed by atoms with Gasteiger partial charge in [0.2, 0.25) is 11.8 Å². The van der Waals surface area contributed by atoms with E-state index < -0.39 is 18.0 Å². The number of aryl methyl sites for hydroxylation is 2. The number of hydrogen-bond acceptors (Lipinski definition) is 6. The van der Waals surface area contributed by atoms with E-state index in [2.05, 4.69) is 16.7 Å². The minimum absolute atomic E-state index is 0.0426. The second kappa shape index (κ2) is 8.74. The molecular formula is C24H22N4O5. The van der Waals surface area contributed by atoms with Crippen LogP contribution in [0.4, 0.5) is 10.5 Å². The molecule has 0 aliphatic carbocycles. The quantitative estimate of drug-likeness (QED) is 0.695. The highest BCUT2D eigenvalue weighted by Crippen LogP contribution is 2.28. The van der Waals surface area contributed by atoms with Gasteiger partial charge in [-0.15, -0.1) is 0 Å². The number of ether oxygens (including phenoxy) is 1. The Labute approximate surface area is 190 Å². The molecule has 168 valence electrons.